The largest absolute Gasteiger partial charge is 0.495 e. The number of nitrogens with one attached hydrogen (secondary N) is 1. The SMILES string of the molecule is COc1ccc(Cl)cc1NC(=O)N1Cc2c(sc3c2CCCC3)-n2cccc2C1c1cccc(C)c1. The second-order valence-electron chi connectivity index (χ2n) is 9.52. The molecule has 3 heterocycles. The number of amides is 2. The first-order chi connectivity index (χ1) is 17.5. The van der Waals surface area contributed by atoms with Crippen molar-refractivity contribution in [3.63, 3.8) is 0 Å². The summed E-state index contributed by atoms with van der Waals surface area (Å²) in [4.78, 5) is 17.5. The third-order valence-corrected chi connectivity index (χ3v) is 8.77. The summed E-state index contributed by atoms with van der Waals surface area (Å²) in [6, 6.07) is 17.5. The molecule has 1 aliphatic heterocycles. The number of ether oxygens (including phenoxy) is 1. The molecular formula is C29H28ClN3O2S. The number of aromatic nitrogens is 1. The molecule has 1 unspecified atom stereocenters. The Hall–Kier alpha value is -3.22. The number of hydrogen-bond acceptors (Lipinski definition) is 3. The van der Waals surface area contributed by atoms with Crippen molar-refractivity contribution in [2.75, 3.05) is 12.4 Å². The molecule has 0 radical (unpaired) electrons. The normalized spacial score (nSPS) is 16.5. The molecule has 5 nitrogen and oxygen atoms in total. The van der Waals surface area contributed by atoms with E-state index in [1.54, 1.807) is 25.3 Å². The molecule has 2 aromatic carbocycles. The number of anilines is 1. The van der Waals surface area contributed by atoms with Crippen LogP contribution in [0.5, 0.6) is 5.75 Å². The van der Waals surface area contributed by atoms with Crippen LogP contribution in [0.3, 0.4) is 0 Å². The van der Waals surface area contributed by atoms with Crippen LogP contribution in [0.25, 0.3) is 5.00 Å². The van der Waals surface area contributed by atoms with E-state index in [1.165, 1.54) is 39.4 Å². The van der Waals surface area contributed by atoms with Gasteiger partial charge in [-0.3, -0.25) is 0 Å². The van der Waals surface area contributed by atoms with Crippen LogP contribution in [-0.2, 0) is 19.4 Å². The second-order valence-corrected chi connectivity index (χ2v) is 11.0. The van der Waals surface area contributed by atoms with Crippen LogP contribution in [0.15, 0.2) is 60.8 Å². The highest BCUT2D eigenvalue weighted by atomic mass is 35.5. The molecule has 6 rings (SSSR count). The van der Waals surface area contributed by atoms with Crippen LogP contribution in [-0.4, -0.2) is 22.6 Å². The summed E-state index contributed by atoms with van der Waals surface area (Å²) in [5.41, 5.74) is 6.61. The number of benzene rings is 2. The number of nitrogens with zero attached hydrogens (tertiary/aromatic N) is 2. The average Bonchev–Trinajstić information content (AvgIpc) is 3.46. The first-order valence-corrected chi connectivity index (χ1v) is 13.5. The number of rotatable bonds is 3. The zero-order valence-corrected chi connectivity index (χ0v) is 22.0. The lowest BCUT2D eigenvalue weighted by atomic mass is 9.95. The Morgan fingerprint density at radius 1 is 1.08 bits per heavy atom. The summed E-state index contributed by atoms with van der Waals surface area (Å²) in [6.45, 7) is 2.63. The standard InChI is InChI=1S/C29H28ClN3O2S/c1-18-7-5-8-19(15-18)27-24-10-6-14-32(24)28-22(21-9-3-4-11-26(21)36-28)17-33(27)29(34)31-23-16-20(30)12-13-25(23)35-2/h5-8,10,12-16,27H,3-4,9,11,17H2,1-2H3,(H,31,34). The van der Waals surface area contributed by atoms with Crippen LogP contribution in [0.1, 0.15) is 51.7 Å². The van der Waals surface area contributed by atoms with Crippen molar-refractivity contribution in [3.8, 4) is 10.8 Å². The van der Waals surface area contributed by atoms with E-state index in [2.05, 4.69) is 59.4 Å². The van der Waals surface area contributed by atoms with E-state index >= 15 is 0 Å². The zero-order chi connectivity index (χ0) is 24.8. The van der Waals surface area contributed by atoms with Crippen molar-refractivity contribution in [1.82, 2.24) is 9.47 Å². The number of methoxy groups -OCH3 is 1. The van der Waals surface area contributed by atoms with Crippen molar-refractivity contribution < 1.29 is 9.53 Å². The van der Waals surface area contributed by atoms with E-state index in [4.69, 9.17) is 16.3 Å². The summed E-state index contributed by atoms with van der Waals surface area (Å²) in [5, 5.41) is 4.90. The summed E-state index contributed by atoms with van der Waals surface area (Å²) in [7, 11) is 1.59. The van der Waals surface area contributed by atoms with Gasteiger partial charge in [0.2, 0.25) is 0 Å². The minimum absolute atomic E-state index is 0.182. The number of carbonyl (C=O) groups excluding carboxylic acids is 1. The summed E-state index contributed by atoms with van der Waals surface area (Å²) >= 11 is 8.16. The molecule has 184 valence electrons. The zero-order valence-electron chi connectivity index (χ0n) is 20.4. The van der Waals surface area contributed by atoms with Crippen molar-refractivity contribution in [2.45, 2.75) is 45.2 Å². The summed E-state index contributed by atoms with van der Waals surface area (Å²) in [6.07, 6.45) is 6.76. The Balaban J connectivity index is 1.50. The number of carbonyl (C=O) groups is 1. The molecule has 7 heteroatoms. The minimum Gasteiger partial charge on any atom is -0.495 e. The second kappa shape index (κ2) is 9.34. The van der Waals surface area contributed by atoms with Gasteiger partial charge >= 0.3 is 6.03 Å². The Bertz CT molecular complexity index is 1460. The Morgan fingerprint density at radius 2 is 1.94 bits per heavy atom. The van der Waals surface area contributed by atoms with Gasteiger partial charge in [0.1, 0.15) is 10.8 Å². The molecule has 1 atom stereocenters. The molecule has 2 amide bonds. The highest BCUT2D eigenvalue weighted by molar-refractivity contribution is 7.15. The van der Waals surface area contributed by atoms with Gasteiger partial charge in [-0.15, -0.1) is 11.3 Å². The van der Waals surface area contributed by atoms with E-state index in [0.717, 1.165) is 24.1 Å². The fourth-order valence-corrected chi connectivity index (χ4v) is 7.12. The van der Waals surface area contributed by atoms with E-state index < -0.39 is 0 Å². The maximum atomic E-state index is 14.1. The molecule has 0 saturated carbocycles. The maximum Gasteiger partial charge on any atom is 0.323 e. The van der Waals surface area contributed by atoms with Crippen molar-refractivity contribution in [2.24, 2.45) is 0 Å². The van der Waals surface area contributed by atoms with Gasteiger partial charge in [0.25, 0.3) is 0 Å². The van der Waals surface area contributed by atoms with Crippen LogP contribution < -0.4 is 10.1 Å². The Labute approximate surface area is 220 Å². The van der Waals surface area contributed by atoms with Crippen molar-refractivity contribution >= 4 is 34.7 Å². The predicted molar refractivity (Wildman–Crippen MR) is 146 cm³/mol. The number of urea groups is 1. The Morgan fingerprint density at radius 3 is 2.78 bits per heavy atom. The monoisotopic (exact) mass is 517 g/mol. The van der Waals surface area contributed by atoms with E-state index in [0.29, 0.717) is 23.0 Å². The molecule has 0 saturated heterocycles. The topological polar surface area (TPSA) is 46.5 Å². The lowest BCUT2D eigenvalue weighted by molar-refractivity contribution is 0.194. The van der Waals surface area contributed by atoms with Crippen LogP contribution in [0.4, 0.5) is 10.5 Å². The van der Waals surface area contributed by atoms with Crippen molar-refractivity contribution in [1.29, 1.82) is 0 Å². The molecular weight excluding hydrogens is 490 g/mol. The lowest BCUT2D eigenvalue weighted by Gasteiger charge is -2.32. The molecule has 1 aliphatic carbocycles. The van der Waals surface area contributed by atoms with Crippen LogP contribution in [0, 0.1) is 6.92 Å². The fourth-order valence-electron chi connectivity index (χ4n) is 5.54. The number of aryl methyl sites for hydroxylation is 2. The maximum absolute atomic E-state index is 14.1. The number of hydrogen-bond donors (Lipinski definition) is 1. The van der Waals surface area contributed by atoms with Gasteiger partial charge in [-0.25, -0.2) is 4.79 Å². The first kappa shape index (κ1) is 23.2. The third kappa shape index (κ3) is 3.98. The minimum atomic E-state index is -0.246. The highest BCUT2D eigenvalue weighted by Crippen LogP contribution is 2.44. The van der Waals surface area contributed by atoms with Gasteiger partial charge < -0.3 is 19.5 Å². The van der Waals surface area contributed by atoms with Gasteiger partial charge in [-0.05, 0) is 74.1 Å². The van der Waals surface area contributed by atoms with E-state index in [1.807, 2.05) is 16.2 Å². The molecule has 2 aromatic heterocycles. The van der Waals surface area contributed by atoms with E-state index in [-0.39, 0.29) is 12.1 Å². The molecule has 36 heavy (non-hydrogen) atoms. The third-order valence-electron chi connectivity index (χ3n) is 7.20. The average molecular weight is 518 g/mol. The van der Waals surface area contributed by atoms with Gasteiger partial charge in [-0.2, -0.15) is 0 Å². The quantitative estimate of drug-likeness (QED) is 0.305. The predicted octanol–water partition coefficient (Wildman–Crippen LogP) is 7.53. The van der Waals surface area contributed by atoms with Gasteiger partial charge in [0, 0.05) is 21.7 Å². The summed E-state index contributed by atoms with van der Waals surface area (Å²) in [5.74, 6) is 0.576. The van der Waals surface area contributed by atoms with Crippen LogP contribution in [0.2, 0.25) is 5.02 Å². The molecule has 4 aromatic rings. The van der Waals surface area contributed by atoms with Gasteiger partial charge in [0.05, 0.1) is 31.1 Å². The first-order valence-electron chi connectivity index (χ1n) is 12.3. The molecule has 0 spiro atoms. The molecule has 2 aliphatic rings. The van der Waals surface area contributed by atoms with Gasteiger partial charge in [-0.1, -0.05) is 41.4 Å². The lowest BCUT2D eigenvalue weighted by Crippen LogP contribution is -2.38. The van der Waals surface area contributed by atoms with Crippen molar-refractivity contribution in [3.05, 3.63) is 98.6 Å². The Kier molecular flexibility index (Phi) is 6.02. The fraction of sp³-hybridized carbons (Fsp3) is 0.276. The smallest absolute Gasteiger partial charge is 0.323 e. The van der Waals surface area contributed by atoms with E-state index in [9.17, 15) is 4.79 Å². The number of fused-ring (bicyclic) bond motifs is 5. The van der Waals surface area contributed by atoms with Gasteiger partial charge in [0.15, 0.2) is 0 Å². The molecule has 0 bridgehead atoms. The molecule has 1 N–H and O–H groups in total. The summed E-state index contributed by atoms with van der Waals surface area (Å²) < 4.78 is 7.81. The number of thiophene rings is 1. The van der Waals surface area contributed by atoms with Crippen LogP contribution >= 0.6 is 22.9 Å². The highest BCUT2D eigenvalue weighted by Gasteiger charge is 2.36. The number of halogens is 1. The molecule has 0 fully saturated rings.